The van der Waals surface area contributed by atoms with Gasteiger partial charge >= 0.3 is 0 Å². The Morgan fingerprint density at radius 3 is 2.35 bits per heavy atom. The van der Waals surface area contributed by atoms with E-state index in [0.717, 1.165) is 63.3 Å². The molecular weight excluding hydrogens is 441 g/mol. The number of nitrogens with zero attached hydrogens (tertiary/aromatic N) is 3. The molecular formula is C21H31Cl2N5O3. The summed E-state index contributed by atoms with van der Waals surface area (Å²) in [4.78, 5) is 20.8. The van der Waals surface area contributed by atoms with Gasteiger partial charge in [0.1, 0.15) is 31.7 Å². The lowest BCUT2D eigenvalue weighted by Gasteiger charge is -2.29. The molecule has 31 heavy (non-hydrogen) atoms. The molecule has 0 spiro atoms. The number of nitrogens with one attached hydrogen (secondary N) is 2. The molecule has 0 aromatic carbocycles. The summed E-state index contributed by atoms with van der Waals surface area (Å²) in [5.41, 5.74) is 2.26. The van der Waals surface area contributed by atoms with E-state index in [0.29, 0.717) is 17.9 Å². The third kappa shape index (κ3) is 5.51. The van der Waals surface area contributed by atoms with E-state index in [1.165, 1.54) is 0 Å². The van der Waals surface area contributed by atoms with Gasteiger partial charge in [0.25, 0.3) is 5.56 Å². The largest absolute Gasteiger partial charge is 1.00 e. The highest BCUT2D eigenvalue weighted by Crippen LogP contribution is 2.17. The third-order valence-corrected chi connectivity index (χ3v) is 6.03. The third-order valence-electron chi connectivity index (χ3n) is 6.03. The summed E-state index contributed by atoms with van der Waals surface area (Å²) in [6.45, 7) is 7.76. The van der Waals surface area contributed by atoms with Crippen LogP contribution < -0.4 is 44.9 Å². The number of rotatable bonds is 8. The quantitative estimate of drug-likeness (QED) is 0.305. The van der Waals surface area contributed by atoms with Gasteiger partial charge < -0.3 is 49.0 Å². The van der Waals surface area contributed by atoms with Crippen molar-refractivity contribution in [2.24, 2.45) is 0 Å². The van der Waals surface area contributed by atoms with Gasteiger partial charge in [-0.05, 0) is 18.2 Å². The van der Waals surface area contributed by atoms with Crippen LogP contribution in [-0.4, -0.2) is 72.0 Å². The standard InChI is InChI=1S/C21H29N5O3.2ClH/c1-29-19-7-6-17-20(22-19)25-10-2-5-18(25)21(28)26(17)11-3-8-23-12-14-24(15-13-23)9-4-16-27;;/h2,5-7,10,27H,3-4,8-9,11-16H2,1H3;2*1H. The van der Waals surface area contributed by atoms with Crippen molar-refractivity contribution >= 4 is 16.7 Å². The molecule has 0 aliphatic carbocycles. The van der Waals surface area contributed by atoms with E-state index in [-0.39, 0.29) is 37.0 Å². The Hall–Kier alpha value is -1.84. The van der Waals surface area contributed by atoms with Gasteiger partial charge in [-0.2, -0.15) is 4.98 Å². The molecule has 0 radical (unpaired) electrons. The van der Waals surface area contributed by atoms with Gasteiger partial charge in [-0.1, -0.05) is 0 Å². The van der Waals surface area contributed by atoms with Crippen molar-refractivity contribution in [1.29, 1.82) is 0 Å². The van der Waals surface area contributed by atoms with Gasteiger partial charge in [-0.3, -0.25) is 9.20 Å². The Kier molecular flexibility index (Phi) is 9.58. The topological polar surface area (TPSA) is 77.6 Å². The Bertz CT molecular complexity index is 1030. The van der Waals surface area contributed by atoms with Crippen LogP contribution in [0.25, 0.3) is 16.7 Å². The SMILES string of the molecule is COc1ccc2c(n1)n1cccc1c(=O)n2CCC[NH+]1CC[NH+](CCCO)CC1.[Cl-].[Cl-]. The molecule has 8 nitrogen and oxygen atoms in total. The summed E-state index contributed by atoms with van der Waals surface area (Å²) in [5, 5.41) is 8.99. The first-order valence-corrected chi connectivity index (χ1v) is 10.5. The first-order valence-electron chi connectivity index (χ1n) is 10.5. The molecule has 1 aliphatic heterocycles. The van der Waals surface area contributed by atoms with Crippen LogP contribution in [-0.2, 0) is 6.54 Å². The van der Waals surface area contributed by atoms with E-state index in [1.807, 2.05) is 39.4 Å². The minimum atomic E-state index is 0. The average Bonchev–Trinajstić information content (AvgIpc) is 3.25. The summed E-state index contributed by atoms with van der Waals surface area (Å²) < 4.78 is 8.98. The molecule has 1 saturated heterocycles. The summed E-state index contributed by atoms with van der Waals surface area (Å²) in [6, 6.07) is 7.47. The number of aliphatic hydroxyl groups excluding tert-OH is 1. The molecule has 3 aromatic rings. The van der Waals surface area contributed by atoms with Gasteiger partial charge in [0.15, 0.2) is 5.65 Å². The Labute approximate surface area is 194 Å². The highest BCUT2D eigenvalue weighted by Gasteiger charge is 2.22. The second kappa shape index (κ2) is 11.7. The maximum absolute atomic E-state index is 13.0. The zero-order valence-electron chi connectivity index (χ0n) is 17.8. The highest BCUT2D eigenvalue weighted by atomic mass is 35.5. The van der Waals surface area contributed by atoms with Crippen LogP contribution >= 0.6 is 0 Å². The molecule has 0 bridgehead atoms. The Balaban J connectivity index is 0.00000171. The van der Waals surface area contributed by atoms with Gasteiger partial charge in [0, 0.05) is 38.3 Å². The number of halogens is 2. The second-order valence-corrected chi connectivity index (χ2v) is 7.85. The number of piperazine rings is 1. The Morgan fingerprint density at radius 1 is 1.03 bits per heavy atom. The predicted molar refractivity (Wildman–Crippen MR) is 111 cm³/mol. The highest BCUT2D eigenvalue weighted by molar-refractivity contribution is 5.75. The lowest BCUT2D eigenvalue weighted by Crippen LogP contribution is -3.28. The zero-order valence-corrected chi connectivity index (χ0v) is 19.3. The number of ether oxygens (including phenoxy) is 1. The first kappa shape index (κ1) is 25.4. The molecule has 3 N–H and O–H groups in total. The number of methoxy groups -OCH3 is 1. The molecule has 0 amide bonds. The fourth-order valence-corrected chi connectivity index (χ4v) is 4.41. The van der Waals surface area contributed by atoms with E-state index in [1.54, 1.807) is 16.9 Å². The summed E-state index contributed by atoms with van der Waals surface area (Å²) in [6.07, 6.45) is 3.72. The van der Waals surface area contributed by atoms with Crippen LogP contribution in [0, 0.1) is 0 Å². The summed E-state index contributed by atoms with van der Waals surface area (Å²) in [7, 11) is 1.60. The fourth-order valence-electron chi connectivity index (χ4n) is 4.41. The van der Waals surface area contributed by atoms with Crippen LogP contribution in [0.1, 0.15) is 12.8 Å². The molecule has 0 unspecified atom stereocenters. The van der Waals surface area contributed by atoms with E-state index in [4.69, 9.17) is 9.84 Å². The minimum Gasteiger partial charge on any atom is -1.00 e. The van der Waals surface area contributed by atoms with Crippen molar-refractivity contribution in [1.82, 2.24) is 14.0 Å². The van der Waals surface area contributed by atoms with Crippen LogP contribution in [0.15, 0.2) is 35.3 Å². The van der Waals surface area contributed by atoms with Gasteiger partial charge in [-0.25, -0.2) is 0 Å². The number of quaternary nitrogens is 2. The second-order valence-electron chi connectivity index (χ2n) is 7.85. The van der Waals surface area contributed by atoms with Crippen LogP contribution in [0.4, 0.5) is 0 Å². The molecule has 0 saturated carbocycles. The Morgan fingerprint density at radius 2 is 1.71 bits per heavy atom. The average molecular weight is 472 g/mol. The van der Waals surface area contributed by atoms with Crippen molar-refractivity contribution in [2.75, 3.05) is 53.0 Å². The van der Waals surface area contributed by atoms with E-state index >= 15 is 0 Å². The number of hydrogen-bond donors (Lipinski definition) is 3. The number of aryl methyl sites for hydroxylation is 1. The molecule has 10 heteroatoms. The van der Waals surface area contributed by atoms with Crippen LogP contribution in [0.5, 0.6) is 5.88 Å². The van der Waals surface area contributed by atoms with Gasteiger partial charge in [0.2, 0.25) is 5.88 Å². The summed E-state index contributed by atoms with van der Waals surface area (Å²) in [5.74, 6) is 0.545. The van der Waals surface area contributed by atoms with Crippen LogP contribution in [0.2, 0.25) is 0 Å². The van der Waals surface area contributed by atoms with E-state index in [9.17, 15) is 4.79 Å². The first-order chi connectivity index (χ1) is 14.2. The molecule has 3 aromatic heterocycles. The number of pyridine rings is 1. The molecule has 4 heterocycles. The number of aliphatic hydroxyl groups is 1. The lowest BCUT2D eigenvalue weighted by molar-refractivity contribution is -1.01. The lowest BCUT2D eigenvalue weighted by atomic mass is 10.2. The van der Waals surface area contributed by atoms with Crippen molar-refractivity contribution in [3.05, 3.63) is 40.8 Å². The normalized spacial score (nSPS) is 18.5. The maximum atomic E-state index is 13.0. The van der Waals surface area contributed by atoms with E-state index < -0.39 is 0 Å². The van der Waals surface area contributed by atoms with Crippen molar-refractivity contribution in [3.8, 4) is 5.88 Å². The monoisotopic (exact) mass is 471 g/mol. The minimum absolute atomic E-state index is 0. The molecule has 172 valence electrons. The van der Waals surface area contributed by atoms with Gasteiger partial charge in [0.05, 0.1) is 25.7 Å². The molecule has 4 rings (SSSR count). The maximum Gasteiger partial charge on any atom is 0.275 e. The van der Waals surface area contributed by atoms with Crippen molar-refractivity contribution in [2.45, 2.75) is 19.4 Å². The fraction of sp³-hybridized carbons (Fsp3) is 0.524. The number of hydrogen-bond acceptors (Lipinski definition) is 4. The van der Waals surface area contributed by atoms with Crippen LogP contribution in [0.3, 0.4) is 0 Å². The summed E-state index contributed by atoms with van der Waals surface area (Å²) >= 11 is 0. The molecule has 0 atom stereocenters. The van der Waals surface area contributed by atoms with E-state index in [2.05, 4.69) is 4.98 Å². The molecule has 1 aliphatic rings. The predicted octanol–water partition coefficient (Wildman–Crippen LogP) is -7.78. The molecule has 1 fully saturated rings. The zero-order chi connectivity index (χ0) is 20.2. The van der Waals surface area contributed by atoms with Gasteiger partial charge in [-0.15, -0.1) is 0 Å². The number of aromatic nitrogens is 3. The smallest absolute Gasteiger partial charge is 0.275 e. The van der Waals surface area contributed by atoms with Crippen molar-refractivity contribution in [3.63, 3.8) is 0 Å². The number of fused-ring (bicyclic) bond motifs is 3. The van der Waals surface area contributed by atoms with Crippen molar-refractivity contribution < 1.29 is 44.5 Å².